The average Bonchev–Trinajstić information content (AvgIpc) is 3.26. The highest BCUT2D eigenvalue weighted by Gasteiger charge is 2.32. The van der Waals surface area contributed by atoms with Crippen LogP contribution in [-0.2, 0) is 4.79 Å². The van der Waals surface area contributed by atoms with E-state index in [1.54, 1.807) is 22.7 Å². The first-order valence-corrected chi connectivity index (χ1v) is 10.6. The number of aryl methyl sites for hydroxylation is 2. The molecule has 27 heavy (non-hydrogen) atoms. The molecule has 0 amide bonds. The molecule has 3 heterocycles. The lowest BCUT2D eigenvalue weighted by Gasteiger charge is -2.22. The maximum atomic E-state index is 13.8. The molecule has 2 atom stereocenters. The number of halogens is 2. The number of thiophene rings is 2. The maximum absolute atomic E-state index is 13.8. The summed E-state index contributed by atoms with van der Waals surface area (Å²) in [6.07, 6.45) is 2.46. The van der Waals surface area contributed by atoms with Crippen molar-refractivity contribution in [1.82, 2.24) is 4.90 Å². The fourth-order valence-electron chi connectivity index (χ4n) is 3.57. The van der Waals surface area contributed by atoms with Gasteiger partial charge in [0.15, 0.2) is 0 Å². The van der Waals surface area contributed by atoms with Gasteiger partial charge < -0.3 is 5.11 Å². The van der Waals surface area contributed by atoms with Gasteiger partial charge in [0.1, 0.15) is 6.17 Å². The molecule has 0 unspecified atom stereocenters. The second kappa shape index (κ2) is 9.82. The number of alkyl halides is 1. The zero-order valence-electron chi connectivity index (χ0n) is 15.5. The molecule has 1 aliphatic heterocycles. The predicted octanol–water partition coefficient (Wildman–Crippen LogP) is 5.56. The van der Waals surface area contributed by atoms with Gasteiger partial charge in [-0.25, -0.2) is 4.39 Å². The minimum atomic E-state index is -0.915. The van der Waals surface area contributed by atoms with Crippen LogP contribution in [0.15, 0.2) is 29.0 Å². The minimum absolute atomic E-state index is 0. The van der Waals surface area contributed by atoms with Crippen LogP contribution in [-0.4, -0.2) is 41.3 Å². The summed E-state index contributed by atoms with van der Waals surface area (Å²) in [4.78, 5) is 15.6. The molecular formula is C20H25ClFNO2S2. The zero-order valence-corrected chi connectivity index (χ0v) is 17.9. The lowest BCUT2D eigenvalue weighted by atomic mass is 10.1. The molecule has 2 aromatic rings. The van der Waals surface area contributed by atoms with Crippen molar-refractivity contribution in [1.29, 1.82) is 0 Å². The van der Waals surface area contributed by atoms with Gasteiger partial charge in [0, 0.05) is 34.5 Å². The van der Waals surface area contributed by atoms with E-state index in [-0.39, 0.29) is 24.9 Å². The van der Waals surface area contributed by atoms with Crippen molar-refractivity contribution < 1.29 is 14.3 Å². The normalized spacial score (nSPS) is 19.7. The Kier molecular flexibility index (Phi) is 8.04. The maximum Gasteiger partial charge on any atom is 0.304 e. The standard InChI is InChI=1S/C20H24FNO2S2.ClH/c1-13-5-8-25-19(13)17(20-14(2)6-9-26-20)4-3-7-22-12-15(21)10-16(22)11-18(23)24;/h4-6,8-9,15-16H,3,7,10-12H2,1-2H3,(H,23,24);1H/t15-,16-;/m1./s1. The van der Waals surface area contributed by atoms with Crippen LogP contribution >= 0.6 is 35.1 Å². The van der Waals surface area contributed by atoms with Gasteiger partial charge >= 0.3 is 5.97 Å². The molecule has 1 N–H and O–H groups in total. The fraction of sp³-hybridized carbons (Fsp3) is 0.450. The molecule has 3 rings (SSSR count). The summed E-state index contributed by atoms with van der Waals surface area (Å²) in [7, 11) is 0. The Morgan fingerprint density at radius 2 is 1.85 bits per heavy atom. The smallest absolute Gasteiger partial charge is 0.304 e. The van der Waals surface area contributed by atoms with Gasteiger partial charge in [0.2, 0.25) is 0 Å². The van der Waals surface area contributed by atoms with Gasteiger partial charge in [-0.2, -0.15) is 0 Å². The van der Waals surface area contributed by atoms with Gasteiger partial charge in [-0.15, -0.1) is 35.1 Å². The van der Waals surface area contributed by atoms with Crippen LogP contribution < -0.4 is 0 Å². The van der Waals surface area contributed by atoms with Crippen LogP contribution in [0, 0.1) is 13.8 Å². The lowest BCUT2D eigenvalue weighted by Crippen LogP contribution is -2.32. The molecule has 0 radical (unpaired) electrons. The Balaban J connectivity index is 0.00000261. The van der Waals surface area contributed by atoms with Crippen molar-refractivity contribution in [2.45, 2.75) is 45.3 Å². The zero-order chi connectivity index (χ0) is 18.7. The first-order valence-electron chi connectivity index (χ1n) is 8.84. The van der Waals surface area contributed by atoms with Crippen LogP contribution in [0.2, 0.25) is 0 Å². The van der Waals surface area contributed by atoms with E-state index in [1.165, 1.54) is 26.5 Å². The molecule has 1 fully saturated rings. The third-order valence-electron chi connectivity index (χ3n) is 4.87. The molecule has 3 nitrogen and oxygen atoms in total. The van der Waals surface area contributed by atoms with E-state index >= 15 is 0 Å². The van der Waals surface area contributed by atoms with E-state index in [1.807, 2.05) is 4.90 Å². The van der Waals surface area contributed by atoms with Crippen molar-refractivity contribution in [3.8, 4) is 0 Å². The predicted molar refractivity (Wildman–Crippen MR) is 114 cm³/mol. The van der Waals surface area contributed by atoms with E-state index in [2.05, 4.69) is 42.8 Å². The molecule has 1 saturated heterocycles. The Bertz CT molecular complexity index is 759. The quantitative estimate of drug-likeness (QED) is 0.626. The summed E-state index contributed by atoms with van der Waals surface area (Å²) in [5, 5.41) is 13.3. The molecule has 0 aliphatic carbocycles. The topological polar surface area (TPSA) is 40.5 Å². The number of hydrogen-bond acceptors (Lipinski definition) is 4. The fourth-order valence-corrected chi connectivity index (χ4v) is 5.58. The van der Waals surface area contributed by atoms with E-state index in [0.717, 1.165) is 6.42 Å². The molecule has 2 aromatic heterocycles. The molecule has 148 valence electrons. The van der Waals surface area contributed by atoms with E-state index in [9.17, 15) is 9.18 Å². The van der Waals surface area contributed by atoms with E-state index in [4.69, 9.17) is 5.11 Å². The molecule has 0 spiro atoms. The minimum Gasteiger partial charge on any atom is -0.481 e. The van der Waals surface area contributed by atoms with Gasteiger partial charge in [0.05, 0.1) is 6.42 Å². The van der Waals surface area contributed by atoms with Crippen LogP contribution in [0.1, 0.15) is 40.1 Å². The highest BCUT2D eigenvalue weighted by Crippen LogP contribution is 2.35. The van der Waals surface area contributed by atoms with Crippen LogP contribution in [0.3, 0.4) is 0 Å². The number of rotatable bonds is 7. The largest absolute Gasteiger partial charge is 0.481 e. The Morgan fingerprint density at radius 1 is 1.26 bits per heavy atom. The third kappa shape index (κ3) is 5.41. The first-order chi connectivity index (χ1) is 12.5. The molecule has 0 saturated carbocycles. The molecular weight excluding hydrogens is 405 g/mol. The molecule has 1 aliphatic rings. The summed E-state index contributed by atoms with van der Waals surface area (Å²) in [5.41, 5.74) is 3.78. The summed E-state index contributed by atoms with van der Waals surface area (Å²) in [6.45, 7) is 5.28. The molecule has 7 heteroatoms. The SMILES string of the molecule is Cc1ccsc1C(=CCCN1C[C@H](F)C[C@@H]1CC(=O)O)c1sccc1C.Cl. The number of aliphatic carboxylic acids is 1. The van der Waals surface area contributed by atoms with Crippen LogP contribution in [0.5, 0.6) is 0 Å². The number of carbonyl (C=O) groups is 1. The van der Waals surface area contributed by atoms with Crippen LogP contribution in [0.4, 0.5) is 4.39 Å². The average molecular weight is 430 g/mol. The van der Waals surface area contributed by atoms with E-state index in [0.29, 0.717) is 19.5 Å². The highest BCUT2D eigenvalue weighted by molar-refractivity contribution is 7.14. The molecule has 0 bridgehead atoms. The second-order valence-electron chi connectivity index (χ2n) is 6.85. The Morgan fingerprint density at radius 3 is 2.33 bits per heavy atom. The summed E-state index contributed by atoms with van der Waals surface area (Å²) >= 11 is 3.49. The summed E-state index contributed by atoms with van der Waals surface area (Å²) < 4.78 is 13.8. The summed E-state index contributed by atoms with van der Waals surface area (Å²) in [6, 6.07) is 4.08. The van der Waals surface area contributed by atoms with Crippen LogP contribution in [0.25, 0.3) is 5.57 Å². The van der Waals surface area contributed by atoms with Crippen molar-refractivity contribution in [2.75, 3.05) is 13.1 Å². The van der Waals surface area contributed by atoms with E-state index < -0.39 is 12.1 Å². The monoisotopic (exact) mass is 429 g/mol. The number of likely N-dealkylation sites (tertiary alicyclic amines) is 1. The Labute approximate surface area is 173 Å². The lowest BCUT2D eigenvalue weighted by molar-refractivity contribution is -0.138. The number of hydrogen-bond donors (Lipinski definition) is 1. The Hall–Kier alpha value is -1.21. The number of nitrogens with zero attached hydrogens (tertiary/aromatic N) is 1. The van der Waals surface area contributed by atoms with Gasteiger partial charge in [-0.3, -0.25) is 9.69 Å². The van der Waals surface area contributed by atoms with Gasteiger partial charge in [-0.1, -0.05) is 6.08 Å². The van der Waals surface area contributed by atoms with Crippen molar-refractivity contribution in [2.24, 2.45) is 0 Å². The van der Waals surface area contributed by atoms with Crippen molar-refractivity contribution in [3.63, 3.8) is 0 Å². The van der Waals surface area contributed by atoms with Gasteiger partial charge in [-0.05, 0) is 60.7 Å². The van der Waals surface area contributed by atoms with Crippen molar-refractivity contribution in [3.05, 3.63) is 49.9 Å². The van der Waals surface area contributed by atoms with Gasteiger partial charge in [0.25, 0.3) is 0 Å². The first kappa shape index (κ1) is 22.1. The number of carboxylic acid groups (broad SMARTS) is 1. The summed E-state index contributed by atoms with van der Waals surface area (Å²) in [5.74, 6) is -0.853. The molecule has 0 aromatic carbocycles. The third-order valence-corrected chi connectivity index (χ3v) is 6.96. The number of carboxylic acids is 1. The highest BCUT2D eigenvalue weighted by atomic mass is 35.5. The second-order valence-corrected chi connectivity index (χ2v) is 8.68. The van der Waals surface area contributed by atoms with Crippen molar-refractivity contribution >= 4 is 46.6 Å².